The predicted octanol–water partition coefficient (Wildman–Crippen LogP) is 3.21. The summed E-state index contributed by atoms with van der Waals surface area (Å²) in [6.45, 7) is 4.37. The number of hydrogen-bond donors (Lipinski definition) is 2. The lowest BCUT2D eigenvalue weighted by Crippen LogP contribution is -2.44. The first-order valence-electron chi connectivity index (χ1n) is 9.95. The maximum atomic E-state index is 12.6. The second kappa shape index (κ2) is 8.11. The van der Waals surface area contributed by atoms with Crippen molar-refractivity contribution >= 4 is 17.8 Å². The second-order valence-corrected chi connectivity index (χ2v) is 7.72. The molecule has 1 saturated heterocycles. The molecule has 6 heteroatoms. The number of aryl methyl sites for hydroxylation is 1. The number of nitrogens with zero attached hydrogens (tertiary/aromatic N) is 1. The van der Waals surface area contributed by atoms with Crippen LogP contribution in [0.3, 0.4) is 0 Å². The first-order valence-corrected chi connectivity index (χ1v) is 9.95. The molecular formula is C21H29N3O3. The summed E-state index contributed by atoms with van der Waals surface area (Å²) in [4.78, 5) is 38.4. The number of benzene rings is 1. The van der Waals surface area contributed by atoms with Gasteiger partial charge in [0.25, 0.3) is 5.91 Å². The van der Waals surface area contributed by atoms with Crippen LogP contribution in [0.4, 0.5) is 4.79 Å². The molecule has 2 N–H and O–H groups in total. The molecule has 1 aromatic rings. The third-order valence-electron chi connectivity index (χ3n) is 5.71. The van der Waals surface area contributed by atoms with Crippen LogP contribution in [0.15, 0.2) is 24.3 Å². The number of hydrogen-bond acceptors (Lipinski definition) is 3. The first kappa shape index (κ1) is 19.4. The van der Waals surface area contributed by atoms with Crippen LogP contribution in [-0.2, 0) is 9.59 Å². The van der Waals surface area contributed by atoms with Gasteiger partial charge in [0.15, 0.2) is 0 Å². The largest absolute Gasteiger partial charge is 0.349 e. The third-order valence-corrected chi connectivity index (χ3v) is 5.71. The SMILES string of the molecule is CC[C@H](NC(=O)CCCN1C(=O)NC2(CCCC2)C1=O)c1ccc(C)cc1. The van der Waals surface area contributed by atoms with Gasteiger partial charge in [0.05, 0.1) is 6.04 Å². The van der Waals surface area contributed by atoms with Crippen LogP contribution in [-0.4, -0.2) is 34.8 Å². The maximum absolute atomic E-state index is 12.6. The van der Waals surface area contributed by atoms with E-state index in [4.69, 9.17) is 0 Å². The molecule has 1 heterocycles. The Morgan fingerprint density at radius 2 is 1.89 bits per heavy atom. The van der Waals surface area contributed by atoms with Gasteiger partial charge in [-0.3, -0.25) is 14.5 Å². The molecule has 1 aromatic carbocycles. The van der Waals surface area contributed by atoms with Crippen LogP contribution in [0.2, 0.25) is 0 Å². The molecule has 4 amide bonds. The summed E-state index contributed by atoms with van der Waals surface area (Å²) in [6, 6.07) is 7.84. The lowest BCUT2D eigenvalue weighted by atomic mass is 9.98. The molecule has 0 bridgehead atoms. The molecule has 0 radical (unpaired) electrons. The summed E-state index contributed by atoms with van der Waals surface area (Å²) < 4.78 is 0. The molecular weight excluding hydrogens is 342 g/mol. The number of rotatable bonds is 7. The maximum Gasteiger partial charge on any atom is 0.325 e. The molecule has 1 atom stereocenters. The molecule has 6 nitrogen and oxygen atoms in total. The van der Waals surface area contributed by atoms with Crippen molar-refractivity contribution in [2.45, 2.75) is 70.4 Å². The summed E-state index contributed by atoms with van der Waals surface area (Å²) in [6.07, 6.45) is 4.98. The van der Waals surface area contributed by atoms with Gasteiger partial charge < -0.3 is 10.6 Å². The van der Waals surface area contributed by atoms with Crippen LogP contribution in [0.1, 0.15) is 69.0 Å². The lowest BCUT2D eigenvalue weighted by molar-refractivity contribution is -0.131. The number of imide groups is 1. The molecule has 1 aliphatic heterocycles. The van der Waals surface area contributed by atoms with Crippen molar-refractivity contribution in [3.8, 4) is 0 Å². The topological polar surface area (TPSA) is 78.5 Å². The Morgan fingerprint density at radius 3 is 2.52 bits per heavy atom. The van der Waals surface area contributed by atoms with E-state index in [9.17, 15) is 14.4 Å². The number of nitrogens with one attached hydrogen (secondary N) is 2. The number of carbonyl (C=O) groups excluding carboxylic acids is 3. The molecule has 1 spiro atoms. The Morgan fingerprint density at radius 1 is 1.22 bits per heavy atom. The highest BCUT2D eigenvalue weighted by Crippen LogP contribution is 2.35. The Labute approximate surface area is 160 Å². The predicted molar refractivity (Wildman–Crippen MR) is 103 cm³/mol. The smallest absolute Gasteiger partial charge is 0.325 e. The Kier molecular flexibility index (Phi) is 5.82. The fourth-order valence-corrected chi connectivity index (χ4v) is 4.08. The van der Waals surface area contributed by atoms with Crippen LogP contribution in [0.5, 0.6) is 0 Å². The standard InChI is InChI=1S/C21H29N3O3/c1-3-17(16-10-8-15(2)9-11-16)22-18(25)7-6-14-24-19(26)21(23-20(24)27)12-4-5-13-21/h8-11,17H,3-7,12-14H2,1-2H3,(H,22,25)(H,23,27)/t17-/m0/s1. The minimum absolute atomic E-state index is 0.0171. The van der Waals surface area contributed by atoms with Crippen LogP contribution < -0.4 is 10.6 Å². The van der Waals surface area contributed by atoms with Crippen LogP contribution in [0, 0.1) is 6.92 Å². The fraction of sp³-hybridized carbons (Fsp3) is 0.571. The minimum atomic E-state index is -0.669. The van der Waals surface area contributed by atoms with Crippen LogP contribution in [0.25, 0.3) is 0 Å². The van der Waals surface area contributed by atoms with E-state index in [1.54, 1.807) is 0 Å². The Balaban J connectivity index is 1.48. The zero-order valence-electron chi connectivity index (χ0n) is 16.2. The van der Waals surface area contributed by atoms with Gasteiger partial charge >= 0.3 is 6.03 Å². The van der Waals surface area contributed by atoms with Gasteiger partial charge in [-0.1, -0.05) is 49.6 Å². The highest BCUT2D eigenvalue weighted by Gasteiger charge is 2.52. The van der Waals surface area contributed by atoms with E-state index in [-0.39, 0.29) is 23.9 Å². The van der Waals surface area contributed by atoms with Crippen molar-refractivity contribution < 1.29 is 14.4 Å². The van der Waals surface area contributed by atoms with Gasteiger partial charge in [-0.25, -0.2) is 4.79 Å². The molecule has 146 valence electrons. The molecule has 1 saturated carbocycles. The van der Waals surface area contributed by atoms with E-state index in [2.05, 4.69) is 10.6 Å². The number of urea groups is 1. The molecule has 0 unspecified atom stereocenters. The van der Waals surface area contributed by atoms with Gasteiger partial charge in [-0.05, 0) is 38.2 Å². The van der Waals surface area contributed by atoms with Gasteiger partial charge in [-0.2, -0.15) is 0 Å². The van der Waals surface area contributed by atoms with E-state index < -0.39 is 5.54 Å². The summed E-state index contributed by atoms with van der Waals surface area (Å²) >= 11 is 0. The summed E-state index contributed by atoms with van der Waals surface area (Å²) in [5, 5.41) is 5.93. The lowest BCUT2D eigenvalue weighted by Gasteiger charge is -2.20. The Hall–Kier alpha value is -2.37. The van der Waals surface area contributed by atoms with Gasteiger partial charge in [-0.15, -0.1) is 0 Å². The second-order valence-electron chi connectivity index (χ2n) is 7.72. The summed E-state index contributed by atoms with van der Waals surface area (Å²) in [7, 11) is 0. The van der Waals surface area contributed by atoms with Crippen molar-refractivity contribution in [3.63, 3.8) is 0 Å². The quantitative estimate of drug-likeness (QED) is 0.723. The summed E-state index contributed by atoms with van der Waals surface area (Å²) in [5.41, 5.74) is 1.61. The van der Waals surface area contributed by atoms with E-state index in [1.165, 1.54) is 10.5 Å². The van der Waals surface area contributed by atoms with Crippen molar-refractivity contribution in [3.05, 3.63) is 35.4 Å². The van der Waals surface area contributed by atoms with Crippen LogP contribution >= 0.6 is 0 Å². The van der Waals surface area contributed by atoms with Crippen molar-refractivity contribution in [2.75, 3.05) is 6.54 Å². The average Bonchev–Trinajstić information content (AvgIpc) is 3.21. The monoisotopic (exact) mass is 371 g/mol. The van der Waals surface area contributed by atoms with Gasteiger partial charge in [0.1, 0.15) is 5.54 Å². The molecule has 27 heavy (non-hydrogen) atoms. The first-order chi connectivity index (χ1) is 12.9. The van der Waals surface area contributed by atoms with Gasteiger partial charge in [0.2, 0.25) is 5.91 Å². The van der Waals surface area contributed by atoms with Gasteiger partial charge in [0, 0.05) is 13.0 Å². The van der Waals surface area contributed by atoms with Crippen molar-refractivity contribution in [1.82, 2.24) is 15.5 Å². The van der Waals surface area contributed by atoms with Crippen molar-refractivity contribution in [2.24, 2.45) is 0 Å². The Bertz CT molecular complexity index is 708. The molecule has 1 aliphatic carbocycles. The molecule has 2 aliphatic rings. The third kappa shape index (κ3) is 4.15. The summed E-state index contributed by atoms with van der Waals surface area (Å²) in [5.74, 6) is -0.165. The van der Waals surface area contributed by atoms with E-state index >= 15 is 0 Å². The average molecular weight is 371 g/mol. The zero-order chi connectivity index (χ0) is 19.4. The van der Waals surface area contributed by atoms with E-state index in [0.29, 0.717) is 19.4 Å². The number of carbonyl (C=O) groups is 3. The molecule has 2 fully saturated rings. The number of amides is 4. The zero-order valence-corrected chi connectivity index (χ0v) is 16.2. The highest BCUT2D eigenvalue weighted by molar-refractivity contribution is 6.07. The molecule has 0 aromatic heterocycles. The van der Waals surface area contributed by atoms with E-state index in [0.717, 1.165) is 37.7 Å². The van der Waals surface area contributed by atoms with Crippen molar-refractivity contribution in [1.29, 1.82) is 0 Å². The fourth-order valence-electron chi connectivity index (χ4n) is 4.08. The normalized spacial score (nSPS) is 19.4. The highest BCUT2D eigenvalue weighted by atomic mass is 16.2. The minimum Gasteiger partial charge on any atom is -0.349 e. The van der Waals surface area contributed by atoms with E-state index in [1.807, 2.05) is 38.1 Å². The molecule has 3 rings (SSSR count).